The predicted molar refractivity (Wildman–Crippen MR) is 61.8 cm³/mol. The van der Waals surface area contributed by atoms with Crippen molar-refractivity contribution in [3.8, 4) is 5.95 Å². The van der Waals surface area contributed by atoms with E-state index in [0.717, 1.165) is 13.0 Å². The molecule has 16 heavy (non-hydrogen) atoms. The second kappa shape index (κ2) is 6.11. The van der Waals surface area contributed by atoms with Crippen LogP contribution in [-0.4, -0.2) is 24.2 Å². The van der Waals surface area contributed by atoms with Gasteiger partial charge in [0.25, 0.3) is 0 Å². The minimum Gasteiger partial charge on any atom is -0.464 e. The van der Waals surface area contributed by atoms with E-state index in [9.17, 15) is 0 Å². The van der Waals surface area contributed by atoms with Crippen molar-refractivity contribution in [3.05, 3.63) is 12.1 Å². The van der Waals surface area contributed by atoms with Gasteiger partial charge in [-0.2, -0.15) is 0 Å². The first-order valence-electron chi connectivity index (χ1n) is 5.75. The molecular weight excluding hydrogens is 228 g/mol. The third-order valence-electron chi connectivity index (χ3n) is 2.77. The van der Waals surface area contributed by atoms with Crippen molar-refractivity contribution in [1.82, 2.24) is 10.3 Å². The molecule has 4 nitrogen and oxygen atoms in total. The van der Waals surface area contributed by atoms with Gasteiger partial charge in [-0.15, -0.1) is 11.6 Å². The summed E-state index contributed by atoms with van der Waals surface area (Å²) in [4.78, 5) is 3.96. The van der Waals surface area contributed by atoms with E-state index in [-0.39, 0.29) is 5.88 Å². The molecule has 1 unspecified atom stereocenters. The first-order valence-corrected chi connectivity index (χ1v) is 6.29. The largest absolute Gasteiger partial charge is 0.464 e. The van der Waals surface area contributed by atoms with Crippen molar-refractivity contribution in [1.29, 1.82) is 0 Å². The minimum atomic E-state index is 0.285. The van der Waals surface area contributed by atoms with Gasteiger partial charge in [-0.3, -0.25) is 0 Å². The van der Waals surface area contributed by atoms with Crippen LogP contribution in [0.15, 0.2) is 10.6 Å². The van der Waals surface area contributed by atoms with Gasteiger partial charge in [-0.1, -0.05) is 6.42 Å². The van der Waals surface area contributed by atoms with Crippen LogP contribution in [0, 0.1) is 0 Å². The summed E-state index contributed by atoms with van der Waals surface area (Å²) in [5, 5.41) is 3.47. The Kier molecular flexibility index (Phi) is 4.48. The molecular formula is C11H17ClN2O2. The van der Waals surface area contributed by atoms with Crippen LogP contribution in [0.5, 0.6) is 5.95 Å². The first-order chi connectivity index (χ1) is 7.88. The highest BCUT2D eigenvalue weighted by Crippen LogP contribution is 2.15. The minimum absolute atomic E-state index is 0.285. The smallest absolute Gasteiger partial charge is 0.305 e. The number of nitrogens with zero attached hydrogens (tertiary/aromatic N) is 1. The van der Waals surface area contributed by atoms with E-state index < -0.39 is 0 Å². The number of halogens is 1. The average Bonchev–Trinajstić information content (AvgIpc) is 2.78. The molecule has 0 bridgehead atoms. The number of hydrogen-bond acceptors (Lipinski definition) is 4. The average molecular weight is 245 g/mol. The van der Waals surface area contributed by atoms with Gasteiger partial charge < -0.3 is 14.5 Å². The van der Waals surface area contributed by atoms with Gasteiger partial charge in [0, 0.05) is 6.04 Å². The summed E-state index contributed by atoms with van der Waals surface area (Å²) in [6, 6.07) is 0.587. The fraction of sp³-hybridized carbons (Fsp3) is 0.727. The molecule has 90 valence electrons. The Labute approximate surface area is 100 Å². The van der Waals surface area contributed by atoms with Gasteiger partial charge in [0.05, 0.1) is 12.5 Å². The molecule has 2 rings (SSSR count). The summed E-state index contributed by atoms with van der Waals surface area (Å²) in [5.74, 6) is 1.26. The molecule has 1 aromatic heterocycles. The van der Waals surface area contributed by atoms with E-state index in [2.05, 4.69) is 10.3 Å². The van der Waals surface area contributed by atoms with E-state index in [0.29, 0.717) is 24.5 Å². The van der Waals surface area contributed by atoms with E-state index >= 15 is 0 Å². The summed E-state index contributed by atoms with van der Waals surface area (Å²) >= 11 is 5.57. The lowest BCUT2D eigenvalue weighted by Crippen LogP contribution is -2.35. The molecule has 0 aromatic carbocycles. The molecule has 1 saturated heterocycles. The molecule has 0 amide bonds. The molecule has 1 aliphatic rings. The Bertz CT molecular complexity index is 311. The number of alkyl halides is 1. The molecule has 1 atom stereocenters. The number of hydrogen-bond donors (Lipinski definition) is 1. The molecule has 1 N–H and O–H groups in total. The predicted octanol–water partition coefficient (Wildman–Crippen LogP) is 2.32. The highest BCUT2D eigenvalue weighted by atomic mass is 35.5. The summed E-state index contributed by atoms with van der Waals surface area (Å²) in [6.45, 7) is 1.79. The molecule has 0 aliphatic carbocycles. The topological polar surface area (TPSA) is 47.3 Å². The van der Waals surface area contributed by atoms with Gasteiger partial charge in [-0.05, 0) is 25.8 Å². The lowest BCUT2D eigenvalue weighted by atomic mass is 10.0. The van der Waals surface area contributed by atoms with Crippen molar-refractivity contribution >= 4 is 11.6 Å². The lowest BCUT2D eigenvalue weighted by molar-refractivity contribution is 0.215. The van der Waals surface area contributed by atoms with E-state index in [1.165, 1.54) is 19.3 Å². The van der Waals surface area contributed by atoms with Gasteiger partial charge in [0.15, 0.2) is 0 Å². The number of ether oxygens (including phenoxy) is 1. The van der Waals surface area contributed by atoms with Crippen LogP contribution in [0.25, 0.3) is 0 Å². The molecule has 5 heteroatoms. The Balaban J connectivity index is 1.66. The second-order valence-corrected chi connectivity index (χ2v) is 4.26. The molecule has 1 fully saturated rings. The maximum Gasteiger partial charge on any atom is 0.305 e. The number of aromatic nitrogens is 1. The van der Waals surface area contributed by atoms with Crippen LogP contribution in [0.4, 0.5) is 0 Å². The molecule has 0 spiro atoms. The zero-order valence-electron chi connectivity index (χ0n) is 9.25. The van der Waals surface area contributed by atoms with Crippen LogP contribution in [0.2, 0.25) is 0 Å². The van der Waals surface area contributed by atoms with Crippen molar-refractivity contribution in [3.63, 3.8) is 0 Å². The summed E-state index contributed by atoms with van der Waals surface area (Å²) in [7, 11) is 0. The van der Waals surface area contributed by atoms with E-state index in [1.54, 1.807) is 6.20 Å². The first kappa shape index (κ1) is 11.7. The van der Waals surface area contributed by atoms with E-state index in [4.69, 9.17) is 20.8 Å². The van der Waals surface area contributed by atoms with Crippen molar-refractivity contribution in [2.45, 2.75) is 37.6 Å². The number of rotatable bonds is 5. The highest BCUT2D eigenvalue weighted by Gasteiger charge is 2.12. The Morgan fingerprint density at radius 1 is 1.56 bits per heavy atom. The molecule has 2 heterocycles. The van der Waals surface area contributed by atoms with Crippen LogP contribution in [0.3, 0.4) is 0 Å². The quantitative estimate of drug-likeness (QED) is 0.808. The zero-order valence-corrected chi connectivity index (χ0v) is 10.0. The zero-order chi connectivity index (χ0) is 11.2. The van der Waals surface area contributed by atoms with Crippen LogP contribution < -0.4 is 10.1 Å². The van der Waals surface area contributed by atoms with Crippen LogP contribution in [0.1, 0.15) is 31.6 Å². The monoisotopic (exact) mass is 244 g/mol. The summed E-state index contributed by atoms with van der Waals surface area (Å²) in [5.41, 5.74) is 0. The van der Waals surface area contributed by atoms with Crippen LogP contribution in [-0.2, 0) is 5.88 Å². The van der Waals surface area contributed by atoms with E-state index in [1.807, 2.05) is 0 Å². The van der Waals surface area contributed by atoms with Crippen molar-refractivity contribution < 1.29 is 9.15 Å². The lowest BCUT2D eigenvalue weighted by Gasteiger charge is -2.22. The fourth-order valence-corrected chi connectivity index (χ4v) is 2.02. The molecule has 0 saturated carbocycles. The Morgan fingerprint density at radius 3 is 3.19 bits per heavy atom. The summed E-state index contributed by atoms with van der Waals surface area (Å²) in [6.07, 6.45) is 6.44. The highest BCUT2D eigenvalue weighted by molar-refractivity contribution is 6.16. The third-order valence-corrected chi connectivity index (χ3v) is 3.00. The van der Waals surface area contributed by atoms with Crippen molar-refractivity contribution in [2.24, 2.45) is 0 Å². The standard InChI is InChI=1S/C11H17ClN2O2/c12-7-10-14-8-11(16-10)15-6-4-9-3-1-2-5-13-9/h8-9,13H,1-7H2. The molecule has 1 aromatic rings. The fourth-order valence-electron chi connectivity index (χ4n) is 1.89. The number of oxazole rings is 1. The Hall–Kier alpha value is -0.740. The molecule has 1 aliphatic heterocycles. The van der Waals surface area contributed by atoms with Gasteiger partial charge in [0.1, 0.15) is 6.20 Å². The maximum atomic E-state index is 5.57. The maximum absolute atomic E-state index is 5.57. The molecule has 0 radical (unpaired) electrons. The van der Waals surface area contributed by atoms with Gasteiger partial charge in [0.2, 0.25) is 5.89 Å². The Morgan fingerprint density at radius 2 is 2.50 bits per heavy atom. The number of piperidine rings is 1. The van der Waals surface area contributed by atoms with Gasteiger partial charge in [-0.25, -0.2) is 4.98 Å². The second-order valence-electron chi connectivity index (χ2n) is 3.99. The third kappa shape index (κ3) is 3.39. The SMILES string of the molecule is ClCc1ncc(OCCC2CCCCN2)o1. The van der Waals surface area contributed by atoms with Crippen molar-refractivity contribution in [2.75, 3.05) is 13.2 Å². The summed E-state index contributed by atoms with van der Waals surface area (Å²) < 4.78 is 10.7. The number of nitrogens with one attached hydrogen (secondary N) is 1. The van der Waals surface area contributed by atoms with Crippen LogP contribution >= 0.6 is 11.6 Å². The normalized spacial score (nSPS) is 20.9. The van der Waals surface area contributed by atoms with Gasteiger partial charge >= 0.3 is 5.95 Å².